The monoisotopic (exact) mass is 342 g/mol. The molecule has 0 radical (unpaired) electrons. The molecule has 7 nitrogen and oxygen atoms in total. The number of aromatic nitrogens is 2. The van der Waals surface area contributed by atoms with E-state index in [0.717, 1.165) is 0 Å². The fraction of sp³-hybridized carbons (Fsp3) is 0.667. The van der Waals surface area contributed by atoms with Crippen LogP contribution in [0.25, 0.3) is 0 Å². The lowest BCUT2D eigenvalue weighted by Crippen LogP contribution is -2.40. The van der Waals surface area contributed by atoms with Gasteiger partial charge in [0.25, 0.3) is 5.91 Å². The molecule has 1 saturated heterocycles. The van der Waals surface area contributed by atoms with Crippen LogP contribution in [0.2, 0.25) is 5.15 Å². The van der Waals surface area contributed by atoms with E-state index in [0.29, 0.717) is 43.3 Å². The number of hydrogen-bond acceptors (Lipinski definition) is 4. The summed E-state index contributed by atoms with van der Waals surface area (Å²) in [5, 5.41) is 4.31. The van der Waals surface area contributed by atoms with E-state index in [1.807, 2.05) is 20.8 Å². The highest BCUT2D eigenvalue weighted by atomic mass is 35.5. The Labute approximate surface area is 141 Å². The number of carbonyl (C=O) groups is 2. The van der Waals surface area contributed by atoms with Crippen molar-refractivity contribution in [3.63, 3.8) is 0 Å². The predicted molar refractivity (Wildman–Crippen MR) is 86.5 cm³/mol. The van der Waals surface area contributed by atoms with Gasteiger partial charge in [-0.05, 0) is 27.2 Å². The second-order valence-electron chi connectivity index (χ2n) is 6.59. The van der Waals surface area contributed by atoms with Gasteiger partial charge in [-0.15, -0.1) is 0 Å². The second kappa shape index (κ2) is 6.78. The highest BCUT2D eigenvalue weighted by Gasteiger charge is 2.27. The van der Waals surface area contributed by atoms with Crippen LogP contribution in [0, 0.1) is 0 Å². The van der Waals surface area contributed by atoms with Gasteiger partial charge in [0.2, 0.25) is 0 Å². The predicted octanol–water partition coefficient (Wildman–Crippen LogP) is 2.16. The first-order valence-electron chi connectivity index (χ1n) is 7.64. The van der Waals surface area contributed by atoms with Gasteiger partial charge in [-0.1, -0.05) is 11.6 Å². The molecule has 0 aliphatic carbocycles. The summed E-state index contributed by atoms with van der Waals surface area (Å²) in [6, 6.07) is 0. The van der Waals surface area contributed by atoms with Crippen molar-refractivity contribution in [3.8, 4) is 0 Å². The van der Waals surface area contributed by atoms with E-state index in [4.69, 9.17) is 16.3 Å². The minimum atomic E-state index is -0.526. The quantitative estimate of drug-likeness (QED) is 0.784. The van der Waals surface area contributed by atoms with Gasteiger partial charge in [-0.3, -0.25) is 9.48 Å². The molecule has 1 aromatic heterocycles. The van der Waals surface area contributed by atoms with E-state index in [-0.39, 0.29) is 12.0 Å². The lowest BCUT2D eigenvalue weighted by atomic mass is 10.2. The molecule has 2 amide bonds. The van der Waals surface area contributed by atoms with Crippen LogP contribution in [0.1, 0.15) is 37.6 Å². The summed E-state index contributed by atoms with van der Waals surface area (Å²) < 4.78 is 6.84. The largest absolute Gasteiger partial charge is 0.444 e. The van der Waals surface area contributed by atoms with E-state index >= 15 is 0 Å². The molecule has 0 N–H and O–H groups in total. The van der Waals surface area contributed by atoms with Crippen LogP contribution in [0.4, 0.5) is 4.79 Å². The number of carbonyl (C=O) groups excluding carboxylic acids is 2. The van der Waals surface area contributed by atoms with Crippen molar-refractivity contribution >= 4 is 23.6 Å². The Kier molecular flexibility index (Phi) is 5.19. The Balaban J connectivity index is 2.00. The van der Waals surface area contributed by atoms with Crippen molar-refractivity contribution in [1.29, 1.82) is 0 Å². The smallest absolute Gasteiger partial charge is 0.410 e. The van der Waals surface area contributed by atoms with Crippen LogP contribution in [-0.2, 0) is 11.8 Å². The molecular weight excluding hydrogens is 320 g/mol. The maximum atomic E-state index is 12.5. The highest BCUT2D eigenvalue weighted by Crippen LogP contribution is 2.18. The van der Waals surface area contributed by atoms with Crippen molar-refractivity contribution in [2.24, 2.45) is 7.05 Å². The van der Waals surface area contributed by atoms with E-state index in [9.17, 15) is 9.59 Å². The summed E-state index contributed by atoms with van der Waals surface area (Å²) in [6.45, 7) is 7.54. The maximum Gasteiger partial charge on any atom is 0.410 e. The van der Waals surface area contributed by atoms with E-state index in [1.165, 1.54) is 10.9 Å². The first-order chi connectivity index (χ1) is 10.7. The molecule has 1 fully saturated rings. The number of ether oxygens (including phenoxy) is 1. The average molecular weight is 343 g/mol. The molecule has 0 bridgehead atoms. The minimum absolute atomic E-state index is 0.158. The third kappa shape index (κ3) is 4.37. The van der Waals surface area contributed by atoms with Crippen LogP contribution in [0.15, 0.2) is 6.20 Å². The van der Waals surface area contributed by atoms with Crippen LogP contribution >= 0.6 is 11.6 Å². The summed E-state index contributed by atoms with van der Waals surface area (Å²) in [6.07, 6.45) is 1.83. The van der Waals surface area contributed by atoms with Gasteiger partial charge in [0.05, 0.1) is 11.8 Å². The molecule has 2 heterocycles. The number of amides is 2. The van der Waals surface area contributed by atoms with E-state index in [1.54, 1.807) is 16.8 Å². The normalized spacial score (nSPS) is 16.2. The van der Waals surface area contributed by atoms with Crippen LogP contribution in [0.5, 0.6) is 0 Å². The van der Waals surface area contributed by atoms with E-state index < -0.39 is 5.60 Å². The zero-order valence-electron chi connectivity index (χ0n) is 14.0. The summed E-state index contributed by atoms with van der Waals surface area (Å²) in [4.78, 5) is 28.0. The fourth-order valence-corrected chi connectivity index (χ4v) is 2.54. The number of halogens is 1. The van der Waals surface area contributed by atoms with Crippen molar-refractivity contribution in [2.75, 3.05) is 26.2 Å². The molecule has 0 unspecified atom stereocenters. The molecule has 23 heavy (non-hydrogen) atoms. The first kappa shape index (κ1) is 17.6. The summed E-state index contributed by atoms with van der Waals surface area (Å²) in [5.74, 6) is -0.158. The third-order valence-electron chi connectivity index (χ3n) is 3.53. The fourth-order valence-electron chi connectivity index (χ4n) is 2.37. The third-order valence-corrected chi connectivity index (χ3v) is 3.98. The maximum absolute atomic E-state index is 12.5. The Hall–Kier alpha value is -1.76. The Morgan fingerprint density at radius 3 is 2.35 bits per heavy atom. The topological polar surface area (TPSA) is 67.7 Å². The average Bonchev–Trinajstić information content (AvgIpc) is 2.67. The molecule has 0 atom stereocenters. The summed E-state index contributed by atoms with van der Waals surface area (Å²) in [5.41, 5.74) is -0.137. The van der Waals surface area contributed by atoms with Gasteiger partial charge in [0, 0.05) is 33.2 Å². The van der Waals surface area contributed by atoms with Crippen LogP contribution < -0.4 is 0 Å². The molecule has 1 aromatic rings. The van der Waals surface area contributed by atoms with Gasteiger partial charge in [0.15, 0.2) is 0 Å². The number of aryl methyl sites for hydroxylation is 1. The molecule has 128 valence electrons. The molecule has 8 heteroatoms. The number of rotatable bonds is 1. The molecule has 1 aliphatic rings. The van der Waals surface area contributed by atoms with Crippen molar-refractivity contribution in [3.05, 3.63) is 16.9 Å². The standard InChI is InChI=1S/C15H23ClN4O3/c1-15(2,3)23-14(22)20-7-5-6-19(8-9-20)13(21)11-10-17-18(4)12(11)16/h10H,5-9H2,1-4H3. The highest BCUT2D eigenvalue weighted by molar-refractivity contribution is 6.32. The zero-order chi connectivity index (χ0) is 17.2. The summed E-state index contributed by atoms with van der Waals surface area (Å²) in [7, 11) is 1.69. The Bertz CT molecular complexity index is 594. The van der Waals surface area contributed by atoms with Crippen LogP contribution in [-0.4, -0.2) is 63.4 Å². The molecule has 0 saturated carbocycles. The lowest BCUT2D eigenvalue weighted by molar-refractivity contribution is 0.0255. The molecule has 0 aromatic carbocycles. The van der Waals surface area contributed by atoms with E-state index in [2.05, 4.69) is 5.10 Å². The Morgan fingerprint density at radius 2 is 1.78 bits per heavy atom. The van der Waals surface area contributed by atoms with Crippen LogP contribution in [0.3, 0.4) is 0 Å². The first-order valence-corrected chi connectivity index (χ1v) is 8.01. The molecular formula is C15H23ClN4O3. The van der Waals surface area contributed by atoms with Crippen molar-refractivity contribution < 1.29 is 14.3 Å². The van der Waals surface area contributed by atoms with Gasteiger partial charge in [0.1, 0.15) is 10.8 Å². The van der Waals surface area contributed by atoms with Gasteiger partial charge < -0.3 is 14.5 Å². The zero-order valence-corrected chi connectivity index (χ0v) is 14.8. The van der Waals surface area contributed by atoms with Gasteiger partial charge >= 0.3 is 6.09 Å². The SMILES string of the molecule is Cn1ncc(C(=O)N2CCCN(C(=O)OC(C)(C)C)CC2)c1Cl. The number of nitrogens with zero attached hydrogens (tertiary/aromatic N) is 4. The van der Waals surface area contributed by atoms with Crippen molar-refractivity contribution in [1.82, 2.24) is 19.6 Å². The minimum Gasteiger partial charge on any atom is -0.444 e. The summed E-state index contributed by atoms with van der Waals surface area (Å²) >= 11 is 6.08. The van der Waals surface area contributed by atoms with Crippen molar-refractivity contribution in [2.45, 2.75) is 32.8 Å². The lowest BCUT2D eigenvalue weighted by Gasteiger charge is -2.26. The molecule has 0 spiro atoms. The second-order valence-corrected chi connectivity index (χ2v) is 6.94. The number of hydrogen-bond donors (Lipinski definition) is 0. The molecule has 1 aliphatic heterocycles. The van der Waals surface area contributed by atoms with Gasteiger partial charge in [-0.25, -0.2) is 4.79 Å². The molecule has 2 rings (SSSR count). The Morgan fingerprint density at radius 1 is 1.17 bits per heavy atom. The van der Waals surface area contributed by atoms with Gasteiger partial charge in [-0.2, -0.15) is 5.10 Å².